The summed E-state index contributed by atoms with van der Waals surface area (Å²) in [6, 6.07) is 4.57. The first-order chi connectivity index (χ1) is 15.6. The van der Waals surface area contributed by atoms with Crippen LogP contribution in [0, 0.1) is 6.92 Å². The van der Waals surface area contributed by atoms with Gasteiger partial charge in [0.25, 0.3) is 0 Å². The molecule has 4 aromatic heterocycles. The number of likely N-dealkylation sites (tertiary alicyclic amines) is 1. The minimum absolute atomic E-state index is 0.0475. The van der Waals surface area contributed by atoms with Crippen molar-refractivity contribution in [1.29, 1.82) is 0 Å². The Balaban J connectivity index is 1.54. The highest BCUT2D eigenvalue weighted by Gasteiger charge is 2.31. The molecule has 1 amide bonds. The number of nitrogens with zero attached hydrogens (tertiary/aromatic N) is 7. The van der Waals surface area contributed by atoms with Crippen LogP contribution < -0.4 is 11.1 Å². The maximum atomic E-state index is 13.0. The number of pyridine rings is 1. The fourth-order valence-electron chi connectivity index (χ4n) is 4.07. The van der Waals surface area contributed by atoms with Gasteiger partial charge >= 0.3 is 6.18 Å². The number of carbonyl (C=O) groups excluding carboxylic acids is 1. The number of fused-ring (bicyclic) bond motifs is 2. The number of halogens is 3. The van der Waals surface area contributed by atoms with Crippen molar-refractivity contribution in [2.24, 2.45) is 0 Å². The number of hydrogen-bond acceptors (Lipinski definition) is 7. The van der Waals surface area contributed by atoms with Gasteiger partial charge in [-0.3, -0.25) is 4.79 Å². The van der Waals surface area contributed by atoms with Gasteiger partial charge in [0.1, 0.15) is 29.4 Å². The zero-order valence-corrected chi connectivity index (χ0v) is 17.8. The Bertz CT molecular complexity index is 1390. The smallest absolute Gasteiger partial charge is 0.382 e. The van der Waals surface area contributed by atoms with Gasteiger partial charge in [0.05, 0.1) is 5.69 Å². The predicted octanol–water partition coefficient (Wildman–Crippen LogP) is 2.24. The van der Waals surface area contributed by atoms with Crippen LogP contribution in [0.15, 0.2) is 24.4 Å². The number of nitrogens with two attached hydrogens (primary N) is 1. The highest BCUT2D eigenvalue weighted by atomic mass is 19.4. The van der Waals surface area contributed by atoms with E-state index >= 15 is 0 Å². The van der Waals surface area contributed by atoms with Crippen LogP contribution in [0.4, 0.5) is 24.9 Å². The summed E-state index contributed by atoms with van der Waals surface area (Å²) in [5.41, 5.74) is 8.14. The van der Waals surface area contributed by atoms with Crippen LogP contribution in [0.1, 0.15) is 12.2 Å². The van der Waals surface area contributed by atoms with Crippen molar-refractivity contribution in [2.45, 2.75) is 32.1 Å². The highest BCUT2D eigenvalue weighted by molar-refractivity contribution is 5.89. The number of anilines is 2. The molecule has 1 atom stereocenters. The van der Waals surface area contributed by atoms with Crippen molar-refractivity contribution in [1.82, 2.24) is 34.0 Å². The Hall–Kier alpha value is -3.90. The number of nitrogen functional groups attached to an aromatic ring is 1. The van der Waals surface area contributed by atoms with Crippen LogP contribution in [0.3, 0.4) is 0 Å². The number of likely N-dealkylation sites (N-methyl/N-ethyl adjacent to an activating group) is 1. The molecule has 1 fully saturated rings. The molecule has 0 aliphatic carbocycles. The van der Waals surface area contributed by atoms with Crippen LogP contribution in [0.5, 0.6) is 0 Å². The quantitative estimate of drug-likeness (QED) is 0.480. The van der Waals surface area contributed by atoms with Gasteiger partial charge in [0.15, 0.2) is 11.5 Å². The van der Waals surface area contributed by atoms with E-state index in [1.165, 1.54) is 11.4 Å². The van der Waals surface area contributed by atoms with E-state index in [4.69, 9.17) is 5.73 Å². The Labute approximate surface area is 185 Å². The van der Waals surface area contributed by atoms with Crippen LogP contribution in [-0.2, 0) is 11.3 Å². The molecule has 0 unspecified atom stereocenters. The largest absolute Gasteiger partial charge is 0.406 e. The van der Waals surface area contributed by atoms with E-state index in [9.17, 15) is 18.0 Å². The average Bonchev–Trinajstić information content (AvgIpc) is 3.39. The zero-order valence-electron chi connectivity index (χ0n) is 17.8. The molecular weight excluding hydrogens is 439 g/mol. The van der Waals surface area contributed by atoms with E-state index in [2.05, 4.69) is 25.4 Å². The SMILES string of the molecule is Cc1nc2ccc(-c3ccn4nc(N[C@H]5CCN(C)C5=O)nc(N)c34)nc2n1CC(F)(F)F. The number of alkyl halides is 3. The van der Waals surface area contributed by atoms with Crippen LogP contribution in [-0.4, -0.2) is 65.8 Å². The molecule has 4 aromatic rings. The predicted molar refractivity (Wildman–Crippen MR) is 114 cm³/mol. The monoisotopic (exact) mass is 459 g/mol. The highest BCUT2D eigenvalue weighted by Crippen LogP contribution is 2.30. The number of nitrogens with one attached hydrogen (secondary N) is 1. The maximum Gasteiger partial charge on any atom is 0.406 e. The summed E-state index contributed by atoms with van der Waals surface area (Å²) in [6.07, 6.45) is -2.13. The summed E-state index contributed by atoms with van der Waals surface area (Å²) < 4.78 is 41.7. The minimum atomic E-state index is -4.41. The third-order valence-electron chi connectivity index (χ3n) is 5.67. The normalized spacial score (nSPS) is 16.9. The van der Waals surface area contributed by atoms with Gasteiger partial charge in [-0.15, -0.1) is 5.10 Å². The molecule has 0 spiro atoms. The number of amides is 1. The number of imidazole rings is 1. The fraction of sp³-hybridized carbons (Fsp3) is 0.350. The molecule has 0 radical (unpaired) electrons. The first-order valence-electron chi connectivity index (χ1n) is 10.2. The van der Waals surface area contributed by atoms with Gasteiger partial charge < -0.3 is 20.5 Å². The fourth-order valence-corrected chi connectivity index (χ4v) is 4.07. The number of rotatable bonds is 4. The number of carbonyl (C=O) groups is 1. The molecule has 5 rings (SSSR count). The van der Waals surface area contributed by atoms with Gasteiger partial charge in [0, 0.05) is 25.4 Å². The van der Waals surface area contributed by atoms with Crippen molar-refractivity contribution >= 4 is 34.4 Å². The summed E-state index contributed by atoms with van der Waals surface area (Å²) in [5, 5.41) is 7.40. The van der Waals surface area contributed by atoms with E-state index in [1.807, 2.05) is 0 Å². The Morgan fingerprint density at radius 3 is 2.70 bits per heavy atom. The van der Waals surface area contributed by atoms with Crippen LogP contribution >= 0.6 is 0 Å². The summed E-state index contributed by atoms with van der Waals surface area (Å²) in [7, 11) is 1.73. The maximum absolute atomic E-state index is 13.0. The molecule has 33 heavy (non-hydrogen) atoms. The second-order valence-corrected chi connectivity index (χ2v) is 7.99. The first kappa shape index (κ1) is 21.0. The third-order valence-corrected chi connectivity index (χ3v) is 5.67. The topological polar surface area (TPSA) is 119 Å². The molecule has 0 saturated carbocycles. The molecule has 13 heteroatoms. The molecule has 1 aliphatic rings. The standard InChI is InChI=1S/C20H20F3N9O/c1-10-25-13-4-3-12(26-17(13)31(10)9-20(21,22)23)11-5-8-32-15(11)16(24)28-19(29-32)27-14-6-7-30(2)18(14)33/h3-5,8,14H,6-7,9H2,1-2H3,(H3,24,27,28,29)/t14-/m0/s1. The molecule has 1 saturated heterocycles. The molecule has 3 N–H and O–H groups in total. The lowest BCUT2D eigenvalue weighted by molar-refractivity contribution is -0.140. The minimum Gasteiger partial charge on any atom is -0.382 e. The first-order valence-corrected chi connectivity index (χ1v) is 10.2. The van der Waals surface area contributed by atoms with Gasteiger partial charge in [-0.1, -0.05) is 0 Å². The summed E-state index contributed by atoms with van der Waals surface area (Å²) >= 11 is 0. The van der Waals surface area contributed by atoms with E-state index in [0.29, 0.717) is 35.3 Å². The van der Waals surface area contributed by atoms with Crippen molar-refractivity contribution in [3.8, 4) is 11.3 Å². The van der Waals surface area contributed by atoms with Gasteiger partial charge in [0.2, 0.25) is 11.9 Å². The van der Waals surface area contributed by atoms with Crippen LogP contribution in [0.25, 0.3) is 27.9 Å². The summed E-state index contributed by atoms with van der Waals surface area (Å²) in [5.74, 6) is 0.527. The summed E-state index contributed by atoms with van der Waals surface area (Å²) in [4.78, 5) is 26.7. The molecule has 5 heterocycles. The van der Waals surface area contributed by atoms with E-state index in [-0.39, 0.29) is 29.1 Å². The van der Waals surface area contributed by atoms with Crippen molar-refractivity contribution in [3.05, 3.63) is 30.2 Å². The number of hydrogen-bond donors (Lipinski definition) is 2. The molecule has 172 valence electrons. The van der Waals surface area contributed by atoms with Crippen molar-refractivity contribution in [3.63, 3.8) is 0 Å². The van der Waals surface area contributed by atoms with Gasteiger partial charge in [-0.05, 0) is 31.5 Å². The average molecular weight is 459 g/mol. The van der Waals surface area contributed by atoms with Gasteiger partial charge in [-0.2, -0.15) is 18.2 Å². The molecular formula is C20H20F3N9O. The molecule has 10 nitrogen and oxygen atoms in total. The lowest BCUT2D eigenvalue weighted by Gasteiger charge is -2.13. The van der Waals surface area contributed by atoms with Crippen molar-refractivity contribution in [2.75, 3.05) is 24.6 Å². The number of aryl methyl sites for hydroxylation is 1. The van der Waals surface area contributed by atoms with E-state index in [1.54, 1.807) is 36.3 Å². The third kappa shape index (κ3) is 3.68. The summed E-state index contributed by atoms with van der Waals surface area (Å²) in [6.45, 7) is 0.964. The lowest BCUT2D eigenvalue weighted by atomic mass is 10.2. The van der Waals surface area contributed by atoms with E-state index in [0.717, 1.165) is 4.57 Å². The second-order valence-electron chi connectivity index (χ2n) is 7.99. The van der Waals surface area contributed by atoms with Crippen LogP contribution in [0.2, 0.25) is 0 Å². The van der Waals surface area contributed by atoms with E-state index < -0.39 is 18.8 Å². The Kier molecular flexibility index (Phi) is 4.65. The van der Waals surface area contributed by atoms with Gasteiger partial charge in [-0.25, -0.2) is 14.5 Å². The Morgan fingerprint density at radius 2 is 2.00 bits per heavy atom. The zero-order chi connectivity index (χ0) is 23.5. The second kappa shape index (κ2) is 7.32. The van der Waals surface area contributed by atoms with Crippen molar-refractivity contribution < 1.29 is 18.0 Å². The Morgan fingerprint density at radius 1 is 1.21 bits per heavy atom. The number of aromatic nitrogens is 6. The molecule has 1 aliphatic heterocycles. The molecule has 0 aromatic carbocycles. The molecule has 0 bridgehead atoms. The lowest BCUT2D eigenvalue weighted by Crippen LogP contribution is -2.31.